The summed E-state index contributed by atoms with van der Waals surface area (Å²) in [5, 5.41) is 2.52. The Bertz CT molecular complexity index is 1060. The van der Waals surface area contributed by atoms with Crippen LogP contribution in [0.4, 0.5) is 5.69 Å². The smallest absolute Gasteiger partial charge is 0.331 e. The van der Waals surface area contributed by atoms with Crippen LogP contribution in [0.25, 0.3) is 11.8 Å². The van der Waals surface area contributed by atoms with E-state index in [4.69, 9.17) is 9.15 Å². The minimum absolute atomic E-state index is 0.138. The summed E-state index contributed by atoms with van der Waals surface area (Å²) in [6.45, 7) is 1.20. The molecule has 1 amide bonds. The Morgan fingerprint density at radius 3 is 2.61 bits per heavy atom. The second kappa shape index (κ2) is 8.26. The second-order valence-electron chi connectivity index (χ2n) is 5.94. The molecule has 0 aliphatic heterocycles. The number of nitrogens with one attached hydrogen (secondary N) is 1. The van der Waals surface area contributed by atoms with Crippen LogP contribution in [0.5, 0.6) is 0 Å². The molecule has 2 heterocycles. The number of hydrogen-bond donors (Lipinski definition) is 1. The summed E-state index contributed by atoms with van der Waals surface area (Å²) >= 11 is 0. The molecular formula is C20H19N3O5. The standard InChI is InChI=1S/C20H19N3O5/c1-14-19(20(26)23(22(14)2)15-7-4-3-5-8-15)21-17(24)13-28-18(25)11-10-16-9-6-12-27-16/h3-12H,13H2,1-2H3,(H,21,24). The van der Waals surface area contributed by atoms with E-state index in [9.17, 15) is 14.4 Å². The number of rotatable bonds is 6. The highest BCUT2D eigenvalue weighted by Crippen LogP contribution is 2.13. The lowest BCUT2D eigenvalue weighted by molar-refractivity contribution is -0.142. The quantitative estimate of drug-likeness (QED) is 0.522. The van der Waals surface area contributed by atoms with Gasteiger partial charge in [0.2, 0.25) is 0 Å². The average Bonchev–Trinajstić information content (AvgIpc) is 3.29. The molecule has 1 aromatic carbocycles. The van der Waals surface area contributed by atoms with Gasteiger partial charge in [0.25, 0.3) is 11.5 Å². The zero-order valence-electron chi connectivity index (χ0n) is 15.4. The Labute approximate surface area is 160 Å². The lowest BCUT2D eigenvalue weighted by Crippen LogP contribution is -2.25. The van der Waals surface area contributed by atoms with Gasteiger partial charge in [0.1, 0.15) is 11.4 Å². The van der Waals surface area contributed by atoms with Crippen LogP contribution in [0, 0.1) is 6.92 Å². The molecule has 3 aromatic rings. The van der Waals surface area contributed by atoms with Crippen LogP contribution in [-0.4, -0.2) is 27.8 Å². The van der Waals surface area contributed by atoms with Crippen molar-refractivity contribution < 1.29 is 18.7 Å². The number of nitrogens with zero attached hydrogens (tertiary/aromatic N) is 2. The maximum Gasteiger partial charge on any atom is 0.331 e. The number of furan rings is 1. The van der Waals surface area contributed by atoms with E-state index in [1.807, 2.05) is 18.2 Å². The fraction of sp³-hybridized carbons (Fsp3) is 0.150. The van der Waals surface area contributed by atoms with Gasteiger partial charge in [-0.25, -0.2) is 9.48 Å². The summed E-state index contributed by atoms with van der Waals surface area (Å²) in [4.78, 5) is 36.5. The van der Waals surface area contributed by atoms with Crippen LogP contribution in [0.1, 0.15) is 11.5 Å². The van der Waals surface area contributed by atoms with Gasteiger partial charge in [-0.2, -0.15) is 0 Å². The first-order valence-corrected chi connectivity index (χ1v) is 8.49. The summed E-state index contributed by atoms with van der Waals surface area (Å²) < 4.78 is 13.0. The molecule has 0 aliphatic carbocycles. The maximum absolute atomic E-state index is 12.7. The van der Waals surface area contributed by atoms with Crippen molar-refractivity contribution in [2.45, 2.75) is 6.92 Å². The van der Waals surface area contributed by atoms with E-state index < -0.39 is 18.5 Å². The third-order valence-corrected chi connectivity index (χ3v) is 4.09. The molecule has 28 heavy (non-hydrogen) atoms. The van der Waals surface area contributed by atoms with Gasteiger partial charge in [-0.15, -0.1) is 0 Å². The molecule has 8 heteroatoms. The van der Waals surface area contributed by atoms with Crippen molar-refractivity contribution in [1.29, 1.82) is 0 Å². The molecule has 3 rings (SSSR count). The van der Waals surface area contributed by atoms with Gasteiger partial charge in [-0.1, -0.05) is 18.2 Å². The third kappa shape index (κ3) is 4.12. The number of hydrogen-bond acceptors (Lipinski definition) is 5. The van der Waals surface area contributed by atoms with Crippen molar-refractivity contribution >= 4 is 23.6 Å². The van der Waals surface area contributed by atoms with Crippen LogP contribution >= 0.6 is 0 Å². The SMILES string of the molecule is Cc1c(NC(=O)COC(=O)C=Cc2ccco2)c(=O)n(-c2ccccc2)n1C. The number of aromatic nitrogens is 2. The summed E-state index contributed by atoms with van der Waals surface area (Å²) in [6, 6.07) is 12.4. The molecular weight excluding hydrogens is 362 g/mol. The number of esters is 1. The summed E-state index contributed by atoms with van der Waals surface area (Å²) in [5.74, 6) is -0.813. The van der Waals surface area contributed by atoms with E-state index >= 15 is 0 Å². The van der Waals surface area contributed by atoms with Gasteiger partial charge in [-0.05, 0) is 37.3 Å². The molecule has 2 aromatic heterocycles. The molecule has 0 aliphatic rings. The number of ether oxygens (including phenoxy) is 1. The Balaban J connectivity index is 1.66. The zero-order valence-corrected chi connectivity index (χ0v) is 15.4. The lowest BCUT2D eigenvalue weighted by Gasteiger charge is -2.07. The molecule has 0 radical (unpaired) electrons. The zero-order chi connectivity index (χ0) is 20.1. The van der Waals surface area contributed by atoms with Crippen molar-refractivity contribution in [1.82, 2.24) is 9.36 Å². The molecule has 0 spiro atoms. The number of anilines is 1. The Morgan fingerprint density at radius 2 is 1.93 bits per heavy atom. The van der Waals surface area contributed by atoms with Gasteiger partial charge >= 0.3 is 5.97 Å². The van der Waals surface area contributed by atoms with Gasteiger partial charge in [0, 0.05) is 13.1 Å². The average molecular weight is 381 g/mol. The molecule has 8 nitrogen and oxygen atoms in total. The van der Waals surface area contributed by atoms with Crippen LogP contribution in [0.2, 0.25) is 0 Å². The number of benzene rings is 1. The number of amides is 1. The van der Waals surface area contributed by atoms with E-state index in [0.717, 1.165) is 6.08 Å². The number of carbonyl (C=O) groups excluding carboxylic acids is 2. The van der Waals surface area contributed by atoms with Gasteiger partial charge in [0.05, 0.1) is 17.6 Å². The third-order valence-electron chi connectivity index (χ3n) is 4.09. The summed E-state index contributed by atoms with van der Waals surface area (Å²) in [5.41, 5.74) is 1.02. The minimum Gasteiger partial charge on any atom is -0.465 e. The first kappa shape index (κ1) is 19.0. The lowest BCUT2D eigenvalue weighted by atomic mass is 10.3. The fourth-order valence-electron chi connectivity index (χ4n) is 2.61. The predicted molar refractivity (Wildman–Crippen MR) is 103 cm³/mol. The summed E-state index contributed by atoms with van der Waals surface area (Å²) in [7, 11) is 1.72. The molecule has 0 bridgehead atoms. The number of para-hydroxylation sites is 1. The number of carbonyl (C=O) groups is 2. The predicted octanol–water partition coefficient (Wildman–Crippen LogP) is 2.27. The van der Waals surface area contributed by atoms with Gasteiger partial charge < -0.3 is 14.5 Å². The maximum atomic E-state index is 12.7. The van der Waals surface area contributed by atoms with Crippen molar-refractivity contribution in [3.63, 3.8) is 0 Å². The molecule has 144 valence electrons. The van der Waals surface area contributed by atoms with E-state index in [1.54, 1.807) is 42.9 Å². The Morgan fingerprint density at radius 1 is 1.18 bits per heavy atom. The van der Waals surface area contributed by atoms with Crippen LogP contribution in [-0.2, 0) is 21.4 Å². The normalized spacial score (nSPS) is 10.9. The van der Waals surface area contributed by atoms with Crippen molar-refractivity contribution in [2.75, 3.05) is 11.9 Å². The van der Waals surface area contributed by atoms with Gasteiger partial charge in [0.15, 0.2) is 6.61 Å². The first-order chi connectivity index (χ1) is 13.5. The molecule has 0 atom stereocenters. The van der Waals surface area contributed by atoms with Crippen LogP contribution in [0.3, 0.4) is 0 Å². The highest BCUT2D eigenvalue weighted by atomic mass is 16.5. The topological polar surface area (TPSA) is 95.5 Å². The molecule has 0 saturated heterocycles. The van der Waals surface area contributed by atoms with Crippen molar-refractivity contribution in [3.8, 4) is 5.69 Å². The van der Waals surface area contributed by atoms with Crippen molar-refractivity contribution in [3.05, 3.63) is 76.6 Å². The fourth-order valence-corrected chi connectivity index (χ4v) is 2.61. The van der Waals surface area contributed by atoms with E-state index in [2.05, 4.69) is 5.32 Å². The Hall–Kier alpha value is -3.81. The molecule has 0 unspecified atom stereocenters. The first-order valence-electron chi connectivity index (χ1n) is 8.49. The van der Waals surface area contributed by atoms with Crippen molar-refractivity contribution in [2.24, 2.45) is 7.05 Å². The minimum atomic E-state index is -0.696. The molecule has 0 fully saturated rings. The van der Waals surface area contributed by atoms with E-state index in [1.165, 1.54) is 17.0 Å². The highest BCUT2D eigenvalue weighted by molar-refractivity contribution is 5.94. The molecule has 1 N–H and O–H groups in total. The highest BCUT2D eigenvalue weighted by Gasteiger charge is 2.18. The van der Waals surface area contributed by atoms with Gasteiger partial charge in [-0.3, -0.25) is 14.3 Å². The van der Waals surface area contributed by atoms with E-state index in [-0.39, 0.29) is 11.2 Å². The molecule has 0 saturated carbocycles. The second-order valence-corrected chi connectivity index (χ2v) is 5.94. The summed E-state index contributed by atoms with van der Waals surface area (Å²) in [6.07, 6.45) is 4.06. The Kier molecular flexibility index (Phi) is 5.59. The van der Waals surface area contributed by atoms with Crippen LogP contribution < -0.4 is 10.9 Å². The largest absolute Gasteiger partial charge is 0.465 e. The monoisotopic (exact) mass is 381 g/mol. The van der Waals surface area contributed by atoms with Crippen LogP contribution in [0.15, 0.2) is 64.0 Å². The van der Waals surface area contributed by atoms with E-state index in [0.29, 0.717) is 17.1 Å².